The van der Waals surface area contributed by atoms with E-state index in [1.54, 1.807) is 24.3 Å². The summed E-state index contributed by atoms with van der Waals surface area (Å²) in [6.07, 6.45) is 1.42. The third-order valence-corrected chi connectivity index (χ3v) is 4.83. The normalized spacial score (nSPS) is 11.5. The predicted octanol–water partition coefficient (Wildman–Crippen LogP) is 4.69. The molecule has 3 rings (SSSR count). The zero-order valence-corrected chi connectivity index (χ0v) is 16.4. The van der Waals surface area contributed by atoms with Crippen LogP contribution in [0.4, 0.5) is 0 Å². The van der Waals surface area contributed by atoms with Gasteiger partial charge in [0.05, 0.1) is 34.5 Å². The molecule has 1 amide bonds. The van der Waals surface area contributed by atoms with Crippen LogP contribution in [-0.4, -0.2) is 24.0 Å². The van der Waals surface area contributed by atoms with Gasteiger partial charge in [-0.05, 0) is 35.9 Å². The number of carbonyl (C=O) groups excluding carboxylic acids is 2. The smallest absolute Gasteiger partial charge is 0.339 e. The molecule has 3 aromatic rings. The van der Waals surface area contributed by atoms with E-state index >= 15 is 0 Å². The number of methoxy groups -OCH3 is 1. The standard InChI is InChI=1S/C21H16Cl2N2O3/c1-28-21(27)15-8-10-18(24-12-15)19(13-5-3-2-4-6-13)25-20(26)14-7-9-16(22)17(23)11-14/h2-12,19H,1H3,(H,25,26)/t19-/m0/s1. The fraction of sp³-hybridized carbons (Fsp3) is 0.0952. The number of hydrogen-bond donors (Lipinski definition) is 1. The van der Waals surface area contributed by atoms with Crippen molar-refractivity contribution in [2.24, 2.45) is 0 Å². The van der Waals surface area contributed by atoms with Crippen LogP contribution in [0.3, 0.4) is 0 Å². The summed E-state index contributed by atoms with van der Waals surface area (Å²) in [5.41, 5.74) is 2.12. The highest BCUT2D eigenvalue weighted by atomic mass is 35.5. The Bertz CT molecular complexity index is 992. The van der Waals surface area contributed by atoms with Gasteiger partial charge in [-0.25, -0.2) is 4.79 Å². The number of halogens is 2. The maximum Gasteiger partial charge on any atom is 0.339 e. The molecule has 1 aromatic heterocycles. The Morgan fingerprint density at radius 1 is 0.964 bits per heavy atom. The van der Waals surface area contributed by atoms with Crippen molar-refractivity contribution in [1.82, 2.24) is 10.3 Å². The number of nitrogens with zero attached hydrogens (tertiary/aromatic N) is 1. The zero-order chi connectivity index (χ0) is 20.1. The second-order valence-electron chi connectivity index (χ2n) is 5.91. The van der Waals surface area contributed by atoms with Gasteiger partial charge in [0.15, 0.2) is 0 Å². The molecule has 28 heavy (non-hydrogen) atoms. The molecule has 0 bridgehead atoms. The summed E-state index contributed by atoms with van der Waals surface area (Å²) in [5.74, 6) is -0.804. The predicted molar refractivity (Wildman–Crippen MR) is 108 cm³/mol. The second-order valence-corrected chi connectivity index (χ2v) is 6.72. The molecule has 1 heterocycles. The third-order valence-electron chi connectivity index (χ3n) is 4.09. The first-order valence-corrected chi connectivity index (χ1v) is 9.10. The van der Waals surface area contributed by atoms with Crippen molar-refractivity contribution >= 4 is 35.1 Å². The summed E-state index contributed by atoms with van der Waals surface area (Å²) < 4.78 is 4.69. The lowest BCUT2D eigenvalue weighted by molar-refractivity contribution is 0.0600. The Balaban J connectivity index is 1.92. The Morgan fingerprint density at radius 2 is 1.68 bits per heavy atom. The number of pyridine rings is 1. The lowest BCUT2D eigenvalue weighted by Crippen LogP contribution is -2.30. The number of ether oxygens (including phenoxy) is 1. The van der Waals surface area contributed by atoms with Gasteiger partial charge in [-0.3, -0.25) is 9.78 Å². The zero-order valence-electron chi connectivity index (χ0n) is 14.9. The molecule has 2 aromatic carbocycles. The maximum atomic E-state index is 12.8. The van der Waals surface area contributed by atoms with Crippen molar-refractivity contribution in [3.63, 3.8) is 0 Å². The van der Waals surface area contributed by atoms with Crippen molar-refractivity contribution in [2.75, 3.05) is 7.11 Å². The number of rotatable bonds is 5. The number of aromatic nitrogens is 1. The van der Waals surface area contributed by atoms with Crippen LogP contribution in [0, 0.1) is 0 Å². The lowest BCUT2D eigenvalue weighted by Gasteiger charge is -2.19. The molecule has 0 radical (unpaired) electrons. The molecular weight excluding hydrogens is 399 g/mol. The summed E-state index contributed by atoms with van der Waals surface area (Å²) in [5, 5.41) is 3.63. The van der Waals surface area contributed by atoms with Crippen LogP contribution in [0.15, 0.2) is 66.9 Å². The van der Waals surface area contributed by atoms with Crippen LogP contribution in [0.2, 0.25) is 10.0 Å². The Labute approximate surface area is 172 Å². The van der Waals surface area contributed by atoms with E-state index in [0.29, 0.717) is 26.9 Å². The van der Waals surface area contributed by atoms with Crippen LogP contribution in [0.25, 0.3) is 0 Å². The van der Waals surface area contributed by atoms with Crippen LogP contribution in [0.1, 0.15) is 38.0 Å². The first kappa shape index (κ1) is 19.9. The topological polar surface area (TPSA) is 68.3 Å². The second kappa shape index (κ2) is 8.87. The first-order valence-electron chi connectivity index (χ1n) is 8.34. The summed E-state index contributed by atoms with van der Waals surface area (Å²) in [6.45, 7) is 0. The van der Waals surface area contributed by atoms with Gasteiger partial charge in [0.2, 0.25) is 0 Å². The summed E-state index contributed by atoms with van der Waals surface area (Å²) >= 11 is 11.9. The highest BCUT2D eigenvalue weighted by Gasteiger charge is 2.20. The molecule has 0 saturated carbocycles. The molecule has 0 aliphatic rings. The fourth-order valence-electron chi connectivity index (χ4n) is 2.64. The van der Waals surface area contributed by atoms with E-state index in [1.165, 1.54) is 19.4 Å². The van der Waals surface area contributed by atoms with Gasteiger partial charge < -0.3 is 10.1 Å². The summed E-state index contributed by atoms with van der Waals surface area (Å²) in [4.78, 5) is 28.7. The molecule has 0 aliphatic carbocycles. The molecule has 0 fully saturated rings. The van der Waals surface area contributed by atoms with Crippen molar-refractivity contribution in [1.29, 1.82) is 0 Å². The van der Waals surface area contributed by atoms with Gasteiger partial charge in [-0.15, -0.1) is 0 Å². The third kappa shape index (κ3) is 4.50. The minimum Gasteiger partial charge on any atom is -0.465 e. The van der Waals surface area contributed by atoms with Gasteiger partial charge in [0.1, 0.15) is 0 Å². The van der Waals surface area contributed by atoms with Crippen molar-refractivity contribution in [2.45, 2.75) is 6.04 Å². The molecule has 0 unspecified atom stereocenters. The minimum absolute atomic E-state index is 0.297. The molecule has 0 spiro atoms. The minimum atomic E-state index is -0.519. The highest BCUT2D eigenvalue weighted by molar-refractivity contribution is 6.42. The molecule has 142 valence electrons. The number of hydrogen-bond acceptors (Lipinski definition) is 4. The van der Waals surface area contributed by atoms with Crippen LogP contribution in [0.5, 0.6) is 0 Å². The maximum absolute atomic E-state index is 12.8. The van der Waals surface area contributed by atoms with E-state index in [9.17, 15) is 9.59 Å². The van der Waals surface area contributed by atoms with Gasteiger partial charge in [-0.2, -0.15) is 0 Å². The Hall–Kier alpha value is -2.89. The average molecular weight is 415 g/mol. The Morgan fingerprint density at radius 3 is 2.29 bits per heavy atom. The average Bonchev–Trinajstić information content (AvgIpc) is 2.74. The number of esters is 1. The molecule has 1 N–H and O–H groups in total. The molecule has 5 nitrogen and oxygen atoms in total. The first-order chi connectivity index (χ1) is 13.5. The number of amides is 1. The van der Waals surface area contributed by atoms with Gasteiger partial charge >= 0.3 is 5.97 Å². The quantitative estimate of drug-likeness (QED) is 0.614. The number of nitrogens with one attached hydrogen (secondary N) is 1. The molecule has 0 saturated heterocycles. The van der Waals surface area contributed by atoms with Crippen molar-refractivity contribution in [3.05, 3.63) is 99.3 Å². The lowest BCUT2D eigenvalue weighted by atomic mass is 10.0. The van der Waals surface area contributed by atoms with Gasteiger partial charge in [0.25, 0.3) is 5.91 Å². The van der Waals surface area contributed by atoms with E-state index < -0.39 is 12.0 Å². The van der Waals surface area contributed by atoms with E-state index in [1.807, 2.05) is 30.3 Å². The molecule has 1 atom stereocenters. The van der Waals surface area contributed by atoms with E-state index in [2.05, 4.69) is 10.3 Å². The molecule has 0 aliphatic heterocycles. The monoisotopic (exact) mass is 414 g/mol. The highest BCUT2D eigenvalue weighted by Crippen LogP contribution is 2.25. The van der Waals surface area contributed by atoms with E-state index in [4.69, 9.17) is 27.9 Å². The molecule has 7 heteroatoms. The summed E-state index contributed by atoms with van der Waals surface area (Å²) in [6, 6.07) is 16.8. The fourth-order valence-corrected chi connectivity index (χ4v) is 2.94. The number of benzene rings is 2. The van der Waals surface area contributed by atoms with Crippen LogP contribution in [-0.2, 0) is 4.74 Å². The van der Waals surface area contributed by atoms with Crippen molar-refractivity contribution < 1.29 is 14.3 Å². The Kier molecular flexibility index (Phi) is 6.29. The molecular formula is C21H16Cl2N2O3. The van der Waals surface area contributed by atoms with Crippen molar-refractivity contribution in [3.8, 4) is 0 Å². The van der Waals surface area contributed by atoms with Crippen LogP contribution < -0.4 is 5.32 Å². The van der Waals surface area contributed by atoms with Gasteiger partial charge in [0, 0.05) is 11.8 Å². The van der Waals surface area contributed by atoms with E-state index in [-0.39, 0.29) is 5.91 Å². The SMILES string of the molecule is COC(=O)c1ccc([C@@H](NC(=O)c2ccc(Cl)c(Cl)c2)c2ccccc2)nc1. The number of carbonyl (C=O) groups is 2. The largest absolute Gasteiger partial charge is 0.465 e. The van der Waals surface area contributed by atoms with E-state index in [0.717, 1.165) is 5.56 Å². The van der Waals surface area contributed by atoms with Gasteiger partial charge in [-0.1, -0.05) is 53.5 Å². The summed E-state index contributed by atoms with van der Waals surface area (Å²) in [7, 11) is 1.31. The van der Waals surface area contributed by atoms with Crippen LogP contribution >= 0.6 is 23.2 Å².